The molecule has 2 saturated carbocycles. The molecule has 0 amide bonds. The van der Waals surface area contributed by atoms with E-state index in [9.17, 15) is 0 Å². The highest BCUT2D eigenvalue weighted by Gasteiger charge is 2.41. The number of rotatable bonds is 6. The van der Waals surface area contributed by atoms with Gasteiger partial charge in [0.1, 0.15) is 0 Å². The molecule has 2 aliphatic carbocycles. The number of ether oxygens (including phenoxy) is 1. The first-order valence-electron chi connectivity index (χ1n) is 8.29. The first-order chi connectivity index (χ1) is 9.70. The van der Waals surface area contributed by atoms with E-state index in [-0.39, 0.29) is 5.60 Å². The van der Waals surface area contributed by atoms with Crippen molar-refractivity contribution in [1.82, 2.24) is 10.6 Å². The first kappa shape index (κ1) is 14.2. The van der Waals surface area contributed by atoms with Crippen LogP contribution in [0.5, 0.6) is 0 Å². The van der Waals surface area contributed by atoms with Crippen LogP contribution in [0.25, 0.3) is 0 Å². The minimum Gasteiger partial charge on any atom is -0.373 e. The third-order valence-electron chi connectivity index (χ3n) is 5.11. The van der Waals surface area contributed by atoms with E-state index in [0.717, 1.165) is 49.8 Å². The second kappa shape index (κ2) is 5.92. The Balaban J connectivity index is 1.42. The van der Waals surface area contributed by atoms with Gasteiger partial charge in [-0.3, -0.25) is 4.99 Å². The Labute approximate surface area is 122 Å². The van der Waals surface area contributed by atoms with E-state index < -0.39 is 0 Å². The third kappa shape index (κ3) is 3.66. The van der Waals surface area contributed by atoms with Crippen LogP contribution in [-0.2, 0) is 4.74 Å². The zero-order valence-electron chi connectivity index (χ0n) is 13.0. The predicted octanol–water partition coefficient (Wildman–Crippen LogP) is 2.16. The Bertz CT molecular complexity index is 343. The molecule has 3 aliphatic rings. The van der Waals surface area contributed by atoms with Crippen molar-refractivity contribution in [1.29, 1.82) is 0 Å². The van der Waals surface area contributed by atoms with Crippen molar-refractivity contribution in [3.63, 3.8) is 0 Å². The molecule has 20 heavy (non-hydrogen) atoms. The summed E-state index contributed by atoms with van der Waals surface area (Å²) in [5, 5.41) is 6.98. The van der Waals surface area contributed by atoms with Crippen molar-refractivity contribution in [2.75, 3.05) is 26.7 Å². The minimum atomic E-state index is -0.00991. The van der Waals surface area contributed by atoms with Crippen LogP contribution in [0, 0.1) is 17.8 Å². The molecule has 114 valence electrons. The quantitative estimate of drug-likeness (QED) is 0.578. The Morgan fingerprint density at radius 3 is 2.45 bits per heavy atom. The van der Waals surface area contributed by atoms with Gasteiger partial charge in [0.2, 0.25) is 0 Å². The molecule has 4 nitrogen and oxygen atoms in total. The average Bonchev–Trinajstić information content (AvgIpc) is 3.35. The van der Waals surface area contributed by atoms with Gasteiger partial charge in [0.15, 0.2) is 5.96 Å². The summed E-state index contributed by atoms with van der Waals surface area (Å²) in [6, 6.07) is 0. The molecule has 0 spiro atoms. The van der Waals surface area contributed by atoms with Gasteiger partial charge in [-0.2, -0.15) is 0 Å². The van der Waals surface area contributed by atoms with Gasteiger partial charge in [-0.25, -0.2) is 0 Å². The molecule has 1 atom stereocenters. The normalized spacial score (nSPS) is 30.9. The number of nitrogens with one attached hydrogen (secondary N) is 2. The maximum Gasteiger partial charge on any atom is 0.191 e. The van der Waals surface area contributed by atoms with Crippen LogP contribution < -0.4 is 10.6 Å². The molecule has 3 fully saturated rings. The zero-order valence-corrected chi connectivity index (χ0v) is 13.0. The summed E-state index contributed by atoms with van der Waals surface area (Å²) in [6.45, 7) is 5.03. The molecule has 1 unspecified atom stereocenters. The van der Waals surface area contributed by atoms with Crippen molar-refractivity contribution in [2.24, 2.45) is 22.7 Å². The van der Waals surface area contributed by atoms with Crippen molar-refractivity contribution < 1.29 is 4.74 Å². The summed E-state index contributed by atoms with van der Waals surface area (Å²) in [5.74, 6) is 3.80. The van der Waals surface area contributed by atoms with Crippen LogP contribution in [-0.4, -0.2) is 38.3 Å². The fourth-order valence-corrected chi connectivity index (χ4v) is 3.45. The number of hydrogen-bond donors (Lipinski definition) is 2. The number of hydrogen-bond acceptors (Lipinski definition) is 2. The monoisotopic (exact) mass is 279 g/mol. The largest absolute Gasteiger partial charge is 0.373 e. The minimum absolute atomic E-state index is 0.00991. The average molecular weight is 279 g/mol. The van der Waals surface area contributed by atoms with Gasteiger partial charge in [0.05, 0.1) is 5.60 Å². The number of nitrogens with zero attached hydrogens (tertiary/aromatic N) is 1. The van der Waals surface area contributed by atoms with Gasteiger partial charge in [-0.1, -0.05) is 0 Å². The molecular weight excluding hydrogens is 250 g/mol. The fraction of sp³-hybridized carbons (Fsp3) is 0.938. The fourth-order valence-electron chi connectivity index (χ4n) is 3.45. The summed E-state index contributed by atoms with van der Waals surface area (Å²) in [5.41, 5.74) is -0.00991. The van der Waals surface area contributed by atoms with E-state index in [1.165, 1.54) is 32.1 Å². The lowest BCUT2D eigenvalue weighted by Crippen LogP contribution is -2.46. The van der Waals surface area contributed by atoms with Gasteiger partial charge < -0.3 is 15.4 Å². The smallest absolute Gasteiger partial charge is 0.191 e. The van der Waals surface area contributed by atoms with E-state index in [0.29, 0.717) is 0 Å². The summed E-state index contributed by atoms with van der Waals surface area (Å²) < 4.78 is 5.81. The molecule has 0 bridgehead atoms. The number of guanidine groups is 1. The summed E-state index contributed by atoms with van der Waals surface area (Å²) in [4.78, 5) is 4.35. The third-order valence-corrected chi connectivity index (χ3v) is 5.11. The second-order valence-corrected chi connectivity index (χ2v) is 7.05. The van der Waals surface area contributed by atoms with E-state index in [1.807, 2.05) is 7.05 Å². The summed E-state index contributed by atoms with van der Waals surface area (Å²) in [6.07, 6.45) is 8.10. The molecule has 2 N–H and O–H groups in total. The maximum atomic E-state index is 5.81. The van der Waals surface area contributed by atoms with Gasteiger partial charge in [0.25, 0.3) is 0 Å². The second-order valence-electron chi connectivity index (χ2n) is 7.05. The Morgan fingerprint density at radius 1 is 1.25 bits per heavy atom. The molecule has 1 saturated heterocycles. The molecule has 0 radical (unpaired) electrons. The summed E-state index contributed by atoms with van der Waals surface area (Å²) in [7, 11) is 1.86. The maximum absolute atomic E-state index is 5.81. The lowest BCUT2D eigenvalue weighted by Gasteiger charge is -2.25. The lowest BCUT2D eigenvalue weighted by molar-refractivity contribution is 0.0242. The molecule has 1 aliphatic heterocycles. The molecule has 1 heterocycles. The van der Waals surface area contributed by atoms with Gasteiger partial charge >= 0.3 is 0 Å². The van der Waals surface area contributed by atoms with Crippen LogP contribution >= 0.6 is 0 Å². The molecular formula is C16H29N3O. The van der Waals surface area contributed by atoms with Gasteiger partial charge in [0, 0.05) is 26.7 Å². The first-order valence-corrected chi connectivity index (χ1v) is 8.29. The SMILES string of the molecule is CN=C(NCC(C1CC1)C1CC1)NCC1(C)CCCO1. The number of aliphatic imine (C=N–C) groups is 1. The van der Waals surface area contributed by atoms with Crippen molar-refractivity contribution in [3.8, 4) is 0 Å². The van der Waals surface area contributed by atoms with E-state index in [2.05, 4.69) is 22.5 Å². The zero-order chi connectivity index (χ0) is 14.0. The lowest BCUT2D eigenvalue weighted by atomic mass is 9.98. The van der Waals surface area contributed by atoms with E-state index >= 15 is 0 Å². The van der Waals surface area contributed by atoms with Crippen LogP contribution in [0.1, 0.15) is 45.4 Å². The highest BCUT2D eigenvalue weighted by molar-refractivity contribution is 5.79. The van der Waals surface area contributed by atoms with Crippen LogP contribution in [0.4, 0.5) is 0 Å². The van der Waals surface area contributed by atoms with E-state index in [1.54, 1.807) is 0 Å². The Morgan fingerprint density at radius 2 is 1.95 bits per heavy atom. The predicted molar refractivity (Wildman–Crippen MR) is 81.9 cm³/mol. The molecule has 4 heteroatoms. The molecule has 3 rings (SSSR count). The molecule has 0 aromatic heterocycles. The molecule has 0 aromatic carbocycles. The van der Waals surface area contributed by atoms with Crippen molar-refractivity contribution in [2.45, 2.75) is 51.0 Å². The Kier molecular flexibility index (Phi) is 4.20. The van der Waals surface area contributed by atoms with E-state index in [4.69, 9.17) is 4.74 Å². The topological polar surface area (TPSA) is 45.7 Å². The van der Waals surface area contributed by atoms with Gasteiger partial charge in [-0.15, -0.1) is 0 Å². The highest BCUT2D eigenvalue weighted by Crippen LogP contribution is 2.48. The molecule has 0 aromatic rings. The van der Waals surface area contributed by atoms with Crippen molar-refractivity contribution in [3.05, 3.63) is 0 Å². The van der Waals surface area contributed by atoms with Crippen LogP contribution in [0.2, 0.25) is 0 Å². The van der Waals surface area contributed by atoms with Crippen molar-refractivity contribution >= 4 is 5.96 Å². The highest BCUT2D eigenvalue weighted by atomic mass is 16.5. The van der Waals surface area contributed by atoms with Gasteiger partial charge in [-0.05, 0) is 63.2 Å². The van der Waals surface area contributed by atoms with Crippen LogP contribution in [0.15, 0.2) is 4.99 Å². The summed E-state index contributed by atoms with van der Waals surface area (Å²) >= 11 is 0. The van der Waals surface area contributed by atoms with Crippen LogP contribution in [0.3, 0.4) is 0 Å². The Hall–Kier alpha value is -0.770. The standard InChI is InChI=1S/C16H29N3O/c1-16(8-3-9-20-16)11-19-15(17-2)18-10-14(12-4-5-12)13-6-7-13/h12-14H,3-11H2,1-2H3,(H2,17,18,19).